The van der Waals surface area contributed by atoms with Crippen molar-refractivity contribution in [2.75, 3.05) is 0 Å². The normalized spacial score (nSPS) is 11.1. The zero-order valence-electron chi connectivity index (χ0n) is 13.9. The number of aromatic nitrogens is 4. The standard InChI is InChI=1S/C19H16N4OS/c1-12-5-3-4-6-16(12)25-17-8-7-14(9-13(17)2)15-10-22-23-18(15)20-11-21-19(23)24/h3-11H,1-2H3,(H,20,21,24). The maximum Gasteiger partial charge on any atom is 0.349 e. The Morgan fingerprint density at radius 3 is 2.64 bits per heavy atom. The summed E-state index contributed by atoms with van der Waals surface area (Å²) in [4.78, 5) is 21.0. The number of H-pyrrole nitrogens is 1. The van der Waals surface area contributed by atoms with Gasteiger partial charge in [0.1, 0.15) is 0 Å². The lowest BCUT2D eigenvalue weighted by molar-refractivity contribution is 0.840. The zero-order valence-corrected chi connectivity index (χ0v) is 14.7. The van der Waals surface area contributed by atoms with Crippen LogP contribution in [0.15, 0.2) is 69.6 Å². The van der Waals surface area contributed by atoms with E-state index in [0.29, 0.717) is 5.65 Å². The van der Waals surface area contributed by atoms with Crippen LogP contribution >= 0.6 is 11.8 Å². The Kier molecular flexibility index (Phi) is 3.89. The van der Waals surface area contributed by atoms with Crippen molar-refractivity contribution >= 4 is 17.4 Å². The topological polar surface area (TPSA) is 63.1 Å². The van der Waals surface area contributed by atoms with Crippen LogP contribution in [0.3, 0.4) is 0 Å². The van der Waals surface area contributed by atoms with E-state index in [4.69, 9.17) is 0 Å². The van der Waals surface area contributed by atoms with E-state index in [-0.39, 0.29) is 5.69 Å². The fraction of sp³-hybridized carbons (Fsp3) is 0.105. The van der Waals surface area contributed by atoms with E-state index in [1.807, 2.05) is 6.07 Å². The van der Waals surface area contributed by atoms with E-state index < -0.39 is 0 Å². The van der Waals surface area contributed by atoms with Crippen molar-refractivity contribution in [1.82, 2.24) is 19.6 Å². The van der Waals surface area contributed by atoms with Crippen LogP contribution in [-0.2, 0) is 0 Å². The molecular formula is C19H16N4OS. The highest BCUT2D eigenvalue weighted by Crippen LogP contribution is 2.34. The number of benzene rings is 2. The Balaban J connectivity index is 1.73. The molecule has 124 valence electrons. The summed E-state index contributed by atoms with van der Waals surface area (Å²) in [5.41, 5.74) is 4.56. The molecule has 25 heavy (non-hydrogen) atoms. The van der Waals surface area contributed by atoms with E-state index in [1.165, 1.54) is 31.8 Å². The van der Waals surface area contributed by atoms with Crippen LogP contribution in [0.5, 0.6) is 0 Å². The Morgan fingerprint density at radius 2 is 1.84 bits per heavy atom. The summed E-state index contributed by atoms with van der Waals surface area (Å²) in [7, 11) is 0. The molecule has 0 aliphatic heterocycles. The number of hydrogen-bond donors (Lipinski definition) is 1. The highest BCUT2D eigenvalue weighted by molar-refractivity contribution is 7.99. The molecule has 0 atom stereocenters. The molecule has 0 radical (unpaired) electrons. The third kappa shape index (κ3) is 2.85. The van der Waals surface area contributed by atoms with Gasteiger partial charge in [0.15, 0.2) is 5.65 Å². The summed E-state index contributed by atoms with van der Waals surface area (Å²) in [6, 6.07) is 14.6. The minimum atomic E-state index is -0.292. The van der Waals surface area contributed by atoms with Crippen molar-refractivity contribution in [3.8, 4) is 11.1 Å². The van der Waals surface area contributed by atoms with E-state index in [0.717, 1.165) is 11.1 Å². The molecule has 1 N–H and O–H groups in total. The van der Waals surface area contributed by atoms with Gasteiger partial charge < -0.3 is 0 Å². The van der Waals surface area contributed by atoms with Gasteiger partial charge in [-0.2, -0.15) is 9.61 Å². The first kappa shape index (κ1) is 15.7. The average Bonchev–Trinajstić information content (AvgIpc) is 3.04. The number of nitrogens with one attached hydrogen (secondary N) is 1. The SMILES string of the molecule is Cc1ccccc1Sc1ccc(-c2cnn3c(=O)[nH]cnc23)cc1C. The number of hydrogen-bond acceptors (Lipinski definition) is 4. The van der Waals surface area contributed by atoms with Gasteiger partial charge in [-0.3, -0.25) is 4.98 Å². The quantitative estimate of drug-likeness (QED) is 0.611. The maximum absolute atomic E-state index is 11.8. The molecule has 0 saturated carbocycles. The van der Waals surface area contributed by atoms with Crippen molar-refractivity contribution in [2.45, 2.75) is 23.6 Å². The molecule has 2 aromatic carbocycles. The van der Waals surface area contributed by atoms with Gasteiger partial charge in [-0.25, -0.2) is 9.78 Å². The molecule has 0 amide bonds. The van der Waals surface area contributed by atoms with Crippen molar-refractivity contribution in [3.05, 3.63) is 76.6 Å². The summed E-state index contributed by atoms with van der Waals surface area (Å²) in [5, 5.41) is 4.13. The minimum absolute atomic E-state index is 0.292. The van der Waals surface area contributed by atoms with Crippen LogP contribution in [-0.4, -0.2) is 19.6 Å². The predicted octanol–water partition coefficient (Wildman–Crippen LogP) is 3.85. The molecule has 2 heterocycles. The van der Waals surface area contributed by atoms with Crippen molar-refractivity contribution in [2.24, 2.45) is 0 Å². The molecule has 4 aromatic rings. The van der Waals surface area contributed by atoms with Crippen LogP contribution in [0.4, 0.5) is 0 Å². The Bertz CT molecular complexity index is 1130. The second kappa shape index (κ2) is 6.22. The van der Waals surface area contributed by atoms with E-state index in [9.17, 15) is 4.79 Å². The van der Waals surface area contributed by atoms with Crippen LogP contribution in [0.25, 0.3) is 16.8 Å². The number of aromatic amines is 1. The number of aryl methyl sites for hydroxylation is 2. The molecule has 0 unspecified atom stereocenters. The molecule has 0 fully saturated rings. The van der Waals surface area contributed by atoms with Crippen LogP contribution < -0.4 is 5.69 Å². The summed E-state index contributed by atoms with van der Waals surface area (Å²) < 4.78 is 1.28. The first-order chi connectivity index (χ1) is 12.1. The first-order valence-electron chi connectivity index (χ1n) is 7.89. The second-order valence-electron chi connectivity index (χ2n) is 5.85. The van der Waals surface area contributed by atoms with Crippen LogP contribution in [0.2, 0.25) is 0 Å². The fourth-order valence-electron chi connectivity index (χ4n) is 2.75. The van der Waals surface area contributed by atoms with Gasteiger partial charge in [0.25, 0.3) is 0 Å². The Morgan fingerprint density at radius 1 is 1.04 bits per heavy atom. The molecule has 5 nitrogen and oxygen atoms in total. The molecule has 2 aromatic heterocycles. The molecule has 0 saturated heterocycles. The van der Waals surface area contributed by atoms with Gasteiger partial charge in [-0.15, -0.1) is 0 Å². The Labute approximate surface area is 148 Å². The largest absolute Gasteiger partial charge is 0.349 e. The van der Waals surface area contributed by atoms with Gasteiger partial charge in [0.05, 0.1) is 12.5 Å². The average molecular weight is 348 g/mol. The molecule has 6 heteroatoms. The number of rotatable bonds is 3. The zero-order chi connectivity index (χ0) is 17.4. The summed E-state index contributed by atoms with van der Waals surface area (Å²) in [6.45, 7) is 4.21. The molecular weight excluding hydrogens is 332 g/mol. The van der Waals surface area contributed by atoms with E-state index >= 15 is 0 Å². The summed E-state index contributed by atoms with van der Waals surface area (Å²) in [5.74, 6) is 0. The van der Waals surface area contributed by atoms with Crippen LogP contribution in [0.1, 0.15) is 11.1 Å². The molecule has 4 rings (SSSR count). The van der Waals surface area contributed by atoms with Gasteiger partial charge in [-0.1, -0.05) is 42.1 Å². The lowest BCUT2D eigenvalue weighted by Gasteiger charge is -2.09. The van der Waals surface area contributed by atoms with E-state index in [1.54, 1.807) is 18.0 Å². The third-order valence-electron chi connectivity index (χ3n) is 4.11. The molecule has 0 aliphatic rings. The van der Waals surface area contributed by atoms with Gasteiger partial charge in [-0.05, 0) is 42.7 Å². The smallest absolute Gasteiger partial charge is 0.296 e. The highest BCUT2D eigenvalue weighted by Gasteiger charge is 2.11. The maximum atomic E-state index is 11.8. The van der Waals surface area contributed by atoms with Gasteiger partial charge >= 0.3 is 5.69 Å². The van der Waals surface area contributed by atoms with Crippen LogP contribution in [0, 0.1) is 13.8 Å². The van der Waals surface area contributed by atoms with E-state index in [2.05, 4.69) is 65.3 Å². The highest BCUT2D eigenvalue weighted by atomic mass is 32.2. The predicted molar refractivity (Wildman–Crippen MR) is 99.1 cm³/mol. The number of nitrogens with zero attached hydrogens (tertiary/aromatic N) is 3. The lowest BCUT2D eigenvalue weighted by Crippen LogP contribution is -2.17. The molecule has 0 aliphatic carbocycles. The molecule has 0 spiro atoms. The second-order valence-corrected chi connectivity index (χ2v) is 6.93. The van der Waals surface area contributed by atoms with Gasteiger partial charge in [0, 0.05) is 15.4 Å². The first-order valence-corrected chi connectivity index (χ1v) is 8.71. The minimum Gasteiger partial charge on any atom is -0.296 e. The van der Waals surface area contributed by atoms with Crippen molar-refractivity contribution < 1.29 is 0 Å². The molecule has 0 bridgehead atoms. The fourth-order valence-corrected chi connectivity index (χ4v) is 3.72. The summed E-state index contributed by atoms with van der Waals surface area (Å²) >= 11 is 1.76. The van der Waals surface area contributed by atoms with Gasteiger partial charge in [0.2, 0.25) is 0 Å². The summed E-state index contributed by atoms with van der Waals surface area (Å²) in [6.07, 6.45) is 3.08. The monoisotopic (exact) mass is 348 g/mol. The Hall–Kier alpha value is -2.86. The third-order valence-corrected chi connectivity index (χ3v) is 5.47. The number of fused-ring (bicyclic) bond motifs is 1. The lowest BCUT2D eigenvalue weighted by atomic mass is 10.1. The van der Waals surface area contributed by atoms with Crippen molar-refractivity contribution in [3.63, 3.8) is 0 Å². The van der Waals surface area contributed by atoms with Crippen molar-refractivity contribution in [1.29, 1.82) is 0 Å².